The number of carbonyl (C=O) groups excluding carboxylic acids is 1. The Kier molecular flexibility index (Phi) is 3.24. The summed E-state index contributed by atoms with van der Waals surface area (Å²) in [5, 5.41) is 0.671. The van der Waals surface area contributed by atoms with Crippen molar-refractivity contribution in [3.8, 4) is 0 Å². The van der Waals surface area contributed by atoms with Gasteiger partial charge in [-0.1, -0.05) is 23.7 Å². The number of hydrogen-bond donors (Lipinski definition) is 0. The van der Waals surface area contributed by atoms with Gasteiger partial charge in [-0.25, -0.2) is 9.97 Å². The van der Waals surface area contributed by atoms with Crippen molar-refractivity contribution in [1.29, 1.82) is 0 Å². The maximum Gasteiger partial charge on any atom is 0.195 e. The van der Waals surface area contributed by atoms with E-state index in [1.807, 2.05) is 41.0 Å². The van der Waals surface area contributed by atoms with Gasteiger partial charge in [-0.2, -0.15) is 0 Å². The highest BCUT2D eigenvalue weighted by Crippen LogP contribution is 2.18. The minimum atomic E-state index is -0.0787. The lowest BCUT2D eigenvalue weighted by Crippen LogP contribution is -2.09. The minimum absolute atomic E-state index is 0.0787. The van der Waals surface area contributed by atoms with Crippen molar-refractivity contribution in [3.63, 3.8) is 0 Å². The highest BCUT2D eigenvalue weighted by molar-refractivity contribution is 6.30. The van der Waals surface area contributed by atoms with Crippen molar-refractivity contribution in [2.24, 2.45) is 0 Å². The standard InChI is InChI=1S/C15H12ClN3O/c1-10(20)14-18-13-6-3-7-17-15(13)19(14)9-11-4-2-5-12(16)8-11/h2-8H,9H2,1H3. The summed E-state index contributed by atoms with van der Waals surface area (Å²) in [6, 6.07) is 11.2. The lowest BCUT2D eigenvalue weighted by molar-refractivity contribution is 0.100. The number of pyridine rings is 1. The Bertz CT molecular complexity index is 795. The van der Waals surface area contributed by atoms with E-state index in [1.54, 1.807) is 6.20 Å². The van der Waals surface area contributed by atoms with Crippen LogP contribution in [0.2, 0.25) is 5.02 Å². The summed E-state index contributed by atoms with van der Waals surface area (Å²) >= 11 is 6.00. The molecule has 0 aliphatic carbocycles. The van der Waals surface area contributed by atoms with Crippen molar-refractivity contribution in [1.82, 2.24) is 14.5 Å². The second-order valence-corrected chi connectivity index (χ2v) is 4.99. The van der Waals surface area contributed by atoms with Crippen LogP contribution in [0.4, 0.5) is 0 Å². The number of halogens is 1. The molecule has 1 aromatic carbocycles. The predicted octanol–water partition coefficient (Wildman–Crippen LogP) is 3.34. The lowest BCUT2D eigenvalue weighted by atomic mass is 10.2. The van der Waals surface area contributed by atoms with Gasteiger partial charge in [0.15, 0.2) is 17.3 Å². The molecule has 3 rings (SSSR count). The average Bonchev–Trinajstić information content (AvgIpc) is 2.78. The fraction of sp³-hybridized carbons (Fsp3) is 0.133. The Morgan fingerprint density at radius 1 is 1.30 bits per heavy atom. The van der Waals surface area contributed by atoms with E-state index in [1.165, 1.54) is 6.92 Å². The number of benzene rings is 1. The third-order valence-electron chi connectivity index (χ3n) is 3.05. The number of ketones is 1. The van der Waals surface area contributed by atoms with Crippen molar-refractivity contribution in [3.05, 3.63) is 59.0 Å². The molecule has 0 aliphatic heterocycles. The molecule has 100 valence electrons. The summed E-state index contributed by atoms with van der Waals surface area (Å²) in [7, 11) is 0. The average molecular weight is 286 g/mol. The Morgan fingerprint density at radius 3 is 2.90 bits per heavy atom. The zero-order valence-electron chi connectivity index (χ0n) is 10.9. The third-order valence-corrected chi connectivity index (χ3v) is 3.28. The molecule has 0 radical (unpaired) electrons. The second kappa shape index (κ2) is 5.06. The van der Waals surface area contributed by atoms with Gasteiger partial charge in [0.1, 0.15) is 5.52 Å². The molecule has 0 amide bonds. The number of imidazole rings is 1. The first-order valence-electron chi connectivity index (χ1n) is 6.22. The van der Waals surface area contributed by atoms with Gasteiger partial charge in [0.05, 0.1) is 6.54 Å². The summed E-state index contributed by atoms with van der Waals surface area (Å²) in [5.74, 6) is 0.337. The van der Waals surface area contributed by atoms with Crippen LogP contribution in [0.5, 0.6) is 0 Å². The van der Waals surface area contributed by atoms with Crippen LogP contribution in [0.25, 0.3) is 11.2 Å². The van der Waals surface area contributed by atoms with E-state index < -0.39 is 0 Å². The summed E-state index contributed by atoms with van der Waals surface area (Å²) in [6.45, 7) is 2.03. The van der Waals surface area contributed by atoms with E-state index in [9.17, 15) is 4.79 Å². The van der Waals surface area contributed by atoms with Gasteiger partial charge >= 0.3 is 0 Å². The highest BCUT2D eigenvalue weighted by Gasteiger charge is 2.15. The fourth-order valence-electron chi connectivity index (χ4n) is 2.19. The monoisotopic (exact) mass is 285 g/mol. The van der Waals surface area contributed by atoms with Crippen LogP contribution in [0.1, 0.15) is 23.1 Å². The number of fused-ring (bicyclic) bond motifs is 1. The number of aromatic nitrogens is 3. The Morgan fingerprint density at radius 2 is 2.15 bits per heavy atom. The van der Waals surface area contributed by atoms with Crippen molar-refractivity contribution < 1.29 is 4.79 Å². The SMILES string of the molecule is CC(=O)c1nc2cccnc2n1Cc1cccc(Cl)c1. The number of nitrogens with zero attached hydrogens (tertiary/aromatic N) is 3. The number of rotatable bonds is 3. The van der Waals surface area contributed by atoms with Gasteiger partial charge < -0.3 is 4.57 Å². The molecule has 0 atom stereocenters. The summed E-state index contributed by atoms with van der Waals surface area (Å²) in [4.78, 5) is 20.4. The quantitative estimate of drug-likeness (QED) is 0.694. The highest BCUT2D eigenvalue weighted by atomic mass is 35.5. The van der Waals surface area contributed by atoms with Gasteiger partial charge in [0, 0.05) is 18.1 Å². The minimum Gasteiger partial charge on any atom is -0.302 e. The van der Waals surface area contributed by atoms with E-state index in [-0.39, 0.29) is 5.78 Å². The normalized spacial score (nSPS) is 10.9. The van der Waals surface area contributed by atoms with Crippen LogP contribution in [0.15, 0.2) is 42.6 Å². The van der Waals surface area contributed by atoms with Crippen molar-refractivity contribution in [2.45, 2.75) is 13.5 Å². The van der Waals surface area contributed by atoms with Crippen molar-refractivity contribution >= 4 is 28.5 Å². The van der Waals surface area contributed by atoms with Crippen LogP contribution in [-0.4, -0.2) is 20.3 Å². The summed E-state index contributed by atoms with van der Waals surface area (Å²) in [6.07, 6.45) is 1.70. The lowest BCUT2D eigenvalue weighted by Gasteiger charge is -2.07. The molecule has 20 heavy (non-hydrogen) atoms. The van der Waals surface area contributed by atoms with E-state index in [2.05, 4.69) is 9.97 Å². The van der Waals surface area contributed by atoms with Crippen LogP contribution >= 0.6 is 11.6 Å². The zero-order valence-corrected chi connectivity index (χ0v) is 11.6. The molecule has 5 heteroatoms. The molecule has 0 spiro atoms. The van der Waals surface area contributed by atoms with Gasteiger partial charge in [0.25, 0.3) is 0 Å². The predicted molar refractivity (Wildman–Crippen MR) is 78.1 cm³/mol. The van der Waals surface area contributed by atoms with Crippen LogP contribution in [0.3, 0.4) is 0 Å². The molecule has 0 N–H and O–H groups in total. The molecular formula is C15H12ClN3O. The molecule has 2 aromatic heterocycles. The van der Waals surface area contributed by atoms with E-state index in [0.29, 0.717) is 23.0 Å². The molecule has 4 nitrogen and oxygen atoms in total. The summed E-state index contributed by atoms with van der Waals surface area (Å²) in [5.41, 5.74) is 2.43. The van der Waals surface area contributed by atoms with Gasteiger partial charge in [-0.15, -0.1) is 0 Å². The van der Waals surface area contributed by atoms with Crippen molar-refractivity contribution in [2.75, 3.05) is 0 Å². The zero-order chi connectivity index (χ0) is 14.1. The summed E-state index contributed by atoms with van der Waals surface area (Å²) < 4.78 is 1.82. The number of hydrogen-bond acceptors (Lipinski definition) is 3. The largest absolute Gasteiger partial charge is 0.302 e. The van der Waals surface area contributed by atoms with Crippen LogP contribution in [0, 0.1) is 0 Å². The number of Topliss-reactive ketones (excluding diaryl/α,β-unsaturated/α-hetero) is 1. The maximum absolute atomic E-state index is 11.8. The molecule has 0 saturated carbocycles. The van der Waals surface area contributed by atoms with E-state index in [4.69, 9.17) is 11.6 Å². The van der Waals surface area contributed by atoms with Gasteiger partial charge in [0.2, 0.25) is 0 Å². The number of carbonyl (C=O) groups is 1. The molecule has 0 aliphatic rings. The van der Waals surface area contributed by atoms with E-state index >= 15 is 0 Å². The first-order chi connectivity index (χ1) is 9.65. The van der Waals surface area contributed by atoms with Gasteiger partial charge in [-0.3, -0.25) is 4.79 Å². The molecule has 0 fully saturated rings. The van der Waals surface area contributed by atoms with Gasteiger partial charge in [-0.05, 0) is 29.8 Å². The Labute approximate surface area is 121 Å². The van der Waals surface area contributed by atoms with Crippen LogP contribution in [-0.2, 0) is 6.54 Å². The molecular weight excluding hydrogens is 274 g/mol. The van der Waals surface area contributed by atoms with Crippen LogP contribution < -0.4 is 0 Å². The first kappa shape index (κ1) is 12.8. The first-order valence-corrected chi connectivity index (χ1v) is 6.59. The second-order valence-electron chi connectivity index (χ2n) is 4.55. The molecule has 2 heterocycles. The fourth-order valence-corrected chi connectivity index (χ4v) is 2.41. The third kappa shape index (κ3) is 2.30. The molecule has 0 saturated heterocycles. The molecule has 0 unspecified atom stereocenters. The maximum atomic E-state index is 11.8. The Hall–Kier alpha value is -2.20. The van der Waals surface area contributed by atoms with E-state index in [0.717, 1.165) is 11.1 Å². The molecule has 3 aromatic rings. The Balaban J connectivity index is 2.14. The topological polar surface area (TPSA) is 47.8 Å². The smallest absolute Gasteiger partial charge is 0.195 e. The molecule has 0 bridgehead atoms.